The molecule has 0 aliphatic rings. The highest BCUT2D eigenvalue weighted by Gasteiger charge is 2.19. The standard InChI is InChI=1S/C15H18N4O3S/c1-10-5-6-12(23(21,22)19(3)4)7-13(10)18-15(20)14-9-16-11(2)8-17-14/h5-9H,1-4H3,(H,18,20). The number of benzene rings is 1. The molecule has 7 nitrogen and oxygen atoms in total. The number of nitrogens with one attached hydrogen (secondary N) is 1. The molecule has 0 atom stereocenters. The van der Waals surface area contributed by atoms with Crippen molar-refractivity contribution in [3.05, 3.63) is 47.5 Å². The Morgan fingerprint density at radius 3 is 2.39 bits per heavy atom. The van der Waals surface area contributed by atoms with Crippen molar-refractivity contribution in [3.8, 4) is 0 Å². The van der Waals surface area contributed by atoms with Crippen molar-refractivity contribution in [1.29, 1.82) is 0 Å². The minimum absolute atomic E-state index is 0.110. The average Bonchev–Trinajstić information content (AvgIpc) is 2.49. The molecule has 0 aliphatic carbocycles. The van der Waals surface area contributed by atoms with Gasteiger partial charge in [0, 0.05) is 26.0 Å². The van der Waals surface area contributed by atoms with E-state index in [0.717, 1.165) is 9.87 Å². The summed E-state index contributed by atoms with van der Waals surface area (Å²) in [5, 5.41) is 2.67. The Morgan fingerprint density at radius 1 is 1.13 bits per heavy atom. The normalized spacial score (nSPS) is 11.5. The Morgan fingerprint density at radius 2 is 1.83 bits per heavy atom. The van der Waals surface area contributed by atoms with E-state index in [1.54, 1.807) is 19.9 Å². The third-order valence-corrected chi connectivity index (χ3v) is 5.06. The highest BCUT2D eigenvalue weighted by molar-refractivity contribution is 7.89. The van der Waals surface area contributed by atoms with Crippen LogP contribution in [0.2, 0.25) is 0 Å². The van der Waals surface area contributed by atoms with Gasteiger partial charge in [0.25, 0.3) is 5.91 Å². The summed E-state index contributed by atoms with van der Waals surface area (Å²) in [4.78, 5) is 20.3. The summed E-state index contributed by atoms with van der Waals surface area (Å²) in [7, 11) is -0.661. The number of nitrogens with zero attached hydrogens (tertiary/aromatic N) is 3. The summed E-state index contributed by atoms with van der Waals surface area (Å²) in [6.07, 6.45) is 2.87. The minimum atomic E-state index is -3.57. The fourth-order valence-electron chi connectivity index (χ4n) is 1.80. The van der Waals surface area contributed by atoms with Crippen molar-refractivity contribution in [2.24, 2.45) is 0 Å². The first-order valence-corrected chi connectivity index (χ1v) is 8.29. The monoisotopic (exact) mass is 334 g/mol. The quantitative estimate of drug-likeness (QED) is 0.917. The molecule has 1 aromatic carbocycles. The van der Waals surface area contributed by atoms with Crippen LogP contribution in [0.25, 0.3) is 0 Å². The van der Waals surface area contributed by atoms with Gasteiger partial charge in [-0.25, -0.2) is 17.7 Å². The summed E-state index contributed by atoms with van der Waals surface area (Å²) >= 11 is 0. The number of hydrogen-bond acceptors (Lipinski definition) is 5. The van der Waals surface area contributed by atoms with Crippen LogP contribution in [0.3, 0.4) is 0 Å². The van der Waals surface area contributed by atoms with Gasteiger partial charge in [0.05, 0.1) is 16.8 Å². The van der Waals surface area contributed by atoms with Gasteiger partial charge in [-0.2, -0.15) is 0 Å². The molecule has 0 radical (unpaired) electrons. The molecule has 0 bridgehead atoms. The van der Waals surface area contributed by atoms with E-state index in [-0.39, 0.29) is 10.6 Å². The van der Waals surface area contributed by atoms with Gasteiger partial charge in [-0.05, 0) is 31.5 Å². The van der Waals surface area contributed by atoms with Gasteiger partial charge in [0.1, 0.15) is 5.69 Å². The molecule has 0 aliphatic heterocycles. The number of sulfonamides is 1. The number of amides is 1. The molecule has 2 rings (SSSR count). The highest BCUT2D eigenvalue weighted by atomic mass is 32.2. The van der Waals surface area contributed by atoms with Crippen LogP contribution in [0.15, 0.2) is 35.5 Å². The predicted octanol–water partition coefficient (Wildman–Crippen LogP) is 1.60. The number of aromatic nitrogens is 2. The Bertz CT molecular complexity index is 830. The fraction of sp³-hybridized carbons (Fsp3) is 0.267. The predicted molar refractivity (Wildman–Crippen MR) is 86.8 cm³/mol. The molecular formula is C15H18N4O3S. The summed E-state index contributed by atoms with van der Waals surface area (Å²) in [5.74, 6) is -0.444. The zero-order chi connectivity index (χ0) is 17.2. The van der Waals surface area contributed by atoms with Crippen LogP contribution in [0.5, 0.6) is 0 Å². The molecule has 1 aromatic heterocycles. The third-order valence-electron chi connectivity index (χ3n) is 3.25. The van der Waals surface area contributed by atoms with Crippen LogP contribution in [-0.2, 0) is 10.0 Å². The largest absolute Gasteiger partial charge is 0.320 e. The maximum atomic E-state index is 12.2. The fourth-order valence-corrected chi connectivity index (χ4v) is 2.73. The molecule has 122 valence electrons. The number of anilines is 1. The van der Waals surface area contributed by atoms with Gasteiger partial charge in [0.2, 0.25) is 10.0 Å². The van der Waals surface area contributed by atoms with Crippen LogP contribution in [0, 0.1) is 13.8 Å². The van der Waals surface area contributed by atoms with E-state index < -0.39 is 15.9 Å². The lowest BCUT2D eigenvalue weighted by molar-refractivity contribution is 0.102. The molecule has 2 aromatic rings. The van der Waals surface area contributed by atoms with Crippen molar-refractivity contribution in [3.63, 3.8) is 0 Å². The molecule has 0 saturated carbocycles. The lowest BCUT2D eigenvalue weighted by Crippen LogP contribution is -2.22. The summed E-state index contributed by atoms with van der Waals surface area (Å²) in [6.45, 7) is 3.55. The third kappa shape index (κ3) is 3.72. The number of rotatable bonds is 4. The van der Waals surface area contributed by atoms with E-state index in [1.165, 1.54) is 38.6 Å². The Hall–Kier alpha value is -2.32. The van der Waals surface area contributed by atoms with E-state index in [2.05, 4.69) is 15.3 Å². The summed E-state index contributed by atoms with van der Waals surface area (Å²) < 4.78 is 25.5. The second kappa shape index (κ2) is 6.43. The van der Waals surface area contributed by atoms with E-state index in [1.807, 2.05) is 0 Å². The first-order valence-electron chi connectivity index (χ1n) is 6.85. The van der Waals surface area contributed by atoms with Gasteiger partial charge in [-0.1, -0.05) is 6.07 Å². The Labute approximate surface area is 135 Å². The first-order chi connectivity index (χ1) is 10.7. The Balaban J connectivity index is 2.33. The second-order valence-electron chi connectivity index (χ2n) is 5.26. The molecule has 1 amide bonds. The van der Waals surface area contributed by atoms with Gasteiger partial charge >= 0.3 is 0 Å². The van der Waals surface area contributed by atoms with Gasteiger partial charge in [0.15, 0.2) is 0 Å². The molecule has 1 N–H and O–H groups in total. The molecule has 0 fully saturated rings. The maximum Gasteiger partial charge on any atom is 0.275 e. The van der Waals surface area contributed by atoms with Crippen molar-refractivity contribution >= 4 is 21.6 Å². The zero-order valence-corrected chi connectivity index (χ0v) is 14.2. The lowest BCUT2D eigenvalue weighted by Gasteiger charge is -2.14. The summed E-state index contributed by atoms with van der Waals surface area (Å²) in [5.41, 5.74) is 2.03. The zero-order valence-electron chi connectivity index (χ0n) is 13.4. The average molecular weight is 334 g/mol. The smallest absolute Gasteiger partial charge is 0.275 e. The molecule has 8 heteroatoms. The molecular weight excluding hydrogens is 316 g/mol. The highest BCUT2D eigenvalue weighted by Crippen LogP contribution is 2.22. The van der Waals surface area contributed by atoms with Crippen LogP contribution in [-0.4, -0.2) is 42.7 Å². The maximum absolute atomic E-state index is 12.2. The van der Waals surface area contributed by atoms with Crippen molar-refractivity contribution < 1.29 is 13.2 Å². The Kier molecular flexibility index (Phi) is 4.76. The first kappa shape index (κ1) is 17.0. The molecule has 0 unspecified atom stereocenters. The van der Waals surface area contributed by atoms with Crippen molar-refractivity contribution in [2.75, 3.05) is 19.4 Å². The summed E-state index contributed by atoms with van der Waals surface area (Å²) in [6, 6.07) is 4.59. The second-order valence-corrected chi connectivity index (χ2v) is 7.41. The molecule has 0 saturated heterocycles. The molecule has 23 heavy (non-hydrogen) atoms. The van der Waals surface area contributed by atoms with E-state index in [4.69, 9.17) is 0 Å². The number of carbonyl (C=O) groups excluding carboxylic acids is 1. The van der Waals surface area contributed by atoms with E-state index in [9.17, 15) is 13.2 Å². The number of hydrogen-bond donors (Lipinski definition) is 1. The molecule has 0 spiro atoms. The van der Waals surface area contributed by atoms with Gasteiger partial charge in [-0.15, -0.1) is 0 Å². The lowest BCUT2D eigenvalue weighted by atomic mass is 10.2. The minimum Gasteiger partial charge on any atom is -0.320 e. The van der Waals surface area contributed by atoms with Crippen molar-refractivity contribution in [2.45, 2.75) is 18.7 Å². The van der Waals surface area contributed by atoms with E-state index >= 15 is 0 Å². The number of carbonyl (C=O) groups is 1. The van der Waals surface area contributed by atoms with Crippen LogP contribution in [0.1, 0.15) is 21.7 Å². The SMILES string of the molecule is Cc1cnc(C(=O)Nc2cc(S(=O)(=O)N(C)C)ccc2C)cn1. The van der Waals surface area contributed by atoms with Crippen LogP contribution < -0.4 is 5.32 Å². The van der Waals surface area contributed by atoms with Crippen molar-refractivity contribution in [1.82, 2.24) is 14.3 Å². The molecule has 1 heterocycles. The van der Waals surface area contributed by atoms with E-state index in [0.29, 0.717) is 11.4 Å². The topological polar surface area (TPSA) is 92.3 Å². The van der Waals surface area contributed by atoms with Gasteiger partial charge < -0.3 is 5.32 Å². The van der Waals surface area contributed by atoms with Crippen LogP contribution >= 0.6 is 0 Å². The number of aryl methyl sites for hydroxylation is 2. The van der Waals surface area contributed by atoms with Gasteiger partial charge in [-0.3, -0.25) is 9.78 Å². The van der Waals surface area contributed by atoms with Crippen LogP contribution in [0.4, 0.5) is 5.69 Å².